The molecule has 2 rings (SSSR count). The predicted octanol–water partition coefficient (Wildman–Crippen LogP) is 4.94. The van der Waals surface area contributed by atoms with Crippen LogP contribution in [0.1, 0.15) is 65.2 Å². The van der Waals surface area contributed by atoms with Crippen molar-refractivity contribution >= 4 is 16.9 Å². The first-order chi connectivity index (χ1) is 13.0. The molecule has 1 heterocycles. The van der Waals surface area contributed by atoms with Gasteiger partial charge in [0.15, 0.2) is 5.75 Å². The van der Waals surface area contributed by atoms with E-state index in [0.29, 0.717) is 12.4 Å². The molecule has 0 aliphatic heterocycles. The van der Waals surface area contributed by atoms with Crippen LogP contribution in [-0.4, -0.2) is 17.7 Å². The number of hydrogen-bond acceptors (Lipinski definition) is 6. The van der Waals surface area contributed by atoms with Gasteiger partial charge in [0.2, 0.25) is 0 Å². The molecule has 6 nitrogen and oxygen atoms in total. The number of esters is 1. The Kier molecular flexibility index (Phi) is 8.17. The van der Waals surface area contributed by atoms with E-state index in [0.717, 1.165) is 19.8 Å². The molecular formula is C21H28O6. The largest absolute Gasteiger partial charge is 0.503 e. The van der Waals surface area contributed by atoms with Gasteiger partial charge in [-0.1, -0.05) is 57.9 Å². The van der Waals surface area contributed by atoms with E-state index in [2.05, 4.69) is 6.92 Å². The summed E-state index contributed by atoms with van der Waals surface area (Å²) in [5.74, 6) is -1.28. The Morgan fingerprint density at radius 3 is 2.41 bits per heavy atom. The van der Waals surface area contributed by atoms with E-state index in [9.17, 15) is 14.7 Å². The van der Waals surface area contributed by atoms with Crippen molar-refractivity contribution in [3.8, 4) is 17.2 Å². The lowest BCUT2D eigenvalue weighted by molar-refractivity contribution is -0.132. The van der Waals surface area contributed by atoms with Crippen LogP contribution in [0.4, 0.5) is 0 Å². The van der Waals surface area contributed by atoms with Crippen LogP contribution in [-0.2, 0) is 4.79 Å². The van der Waals surface area contributed by atoms with E-state index in [1.165, 1.54) is 38.5 Å². The molecule has 0 spiro atoms. The van der Waals surface area contributed by atoms with Crippen LogP contribution in [0.5, 0.6) is 17.2 Å². The highest BCUT2D eigenvalue weighted by molar-refractivity contribution is 5.91. The molecule has 2 aromatic rings. The number of rotatable bonds is 11. The number of benzene rings is 1. The molecule has 0 atom stereocenters. The Labute approximate surface area is 159 Å². The second kappa shape index (κ2) is 10.6. The molecule has 0 saturated heterocycles. The number of ether oxygens (including phenoxy) is 2. The van der Waals surface area contributed by atoms with Gasteiger partial charge in [0.1, 0.15) is 16.7 Å². The fraction of sp³-hybridized carbons (Fsp3) is 0.524. The second-order valence-corrected chi connectivity index (χ2v) is 6.61. The zero-order valence-corrected chi connectivity index (χ0v) is 16.1. The zero-order chi connectivity index (χ0) is 19.6. The third-order valence-electron chi connectivity index (χ3n) is 4.33. The molecule has 148 valence electrons. The fourth-order valence-corrected chi connectivity index (χ4v) is 2.96. The Balaban J connectivity index is 1.98. The first-order valence-electron chi connectivity index (χ1n) is 9.64. The number of unbranched alkanes of at least 4 members (excludes halogenated alkanes) is 7. The highest BCUT2D eigenvalue weighted by Crippen LogP contribution is 2.37. The standard InChI is InChI=1S/C21H28O6/c1-3-4-5-6-7-8-9-10-14-25-16-12-11-13-17-18(16)19(23)20(21(24)27-17)26-15(2)22/h11-13,23H,3-10,14H2,1-2H3. The minimum Gasteiger partial charge on any atom is -0.503 e. The van der Waals surface area contributed by atoms with Crippen molar-refractivity contribution < 1.29 is 23.8 Å². The maximum atomic E-state index is 11.9. The van der Waals surface area contributed by atoms with Gasteiger partial charge < -0.3 is 19.0 Å². The minimum atomic E-state index is -0.907. The normalized spacial score (nSPS) is 10.9. The van der Waals surface area contributed by atoms with E-state index >= 15 is 0 Å². The summed E-state index contributed by atoms with van der Waals surface area (Å²) in [5.41, 5.74) is -0.725. The van der Waals surface area contributed by atoms with Crippen LogP contribution < -0.4 is 15.1 Å². The van der Waals surface area contributed by atoms with Crippen molar-refractivity contribution in [1.82, 2.24) is 0 Å². The summed E-state index contributed by atoms with van der Waals surface area (Å²) in [5, 5.41) is 10.6. The van der Waals surface area contributed by atoms with Gasteiger partial charge in [-0.15, -0.1) is 0 Å². The maximum absolute atomic E-state index is 11.9. The van der Waals surface area contributed by atoms with Gasteiger partial charge in [-0.25, -0.2) is 4.79 Å². The first-order valence-corrected chi connectivity index (χ1v) is 9.64. The highest BCUT2D eigenvalue weighted by atomic mass is 16.6. The smallest absolute Gasteiger partial charge is 0.383 e. The van der Waals surface area contributed by atoms with Crippen LogP contribution in [0.3, 0.4) is 0 Å². The van der Waals surface area contributed by atoms with Crippen molar-refractivity contribution in [3.05, 3.63) is 28.6 Å². The van der Waals surface area contributed by atoms with E-state index in [4.69, 9.17) is 13.9 Å². The van der Waals surface area contributed by atoms with E-state index < -0.39 is 23.1 Å². The van der Waals surface area contributed by atoms with E-state index in [1.807, 2.05) is 0 Å². The molecule has 0 bridgehead atoms. The average molecular weight is 376 g/mol. The summed E-state index contributed by atoms with van der Waals surface area (Å²) in [6.45, 7) is 3.85. The Bertz CT molecular complexity index is 808. The minimum absolute atomic E-state index is 0.182. The lowest BCUT2D eigenvalue weighted by atomic mass is 10.1. The topological polar surface area (TPSA) is 86.0 Å². The van der Waals surface area contributed by atoms with Gasteiger partial charge in [-0.05, 0) is 18.6 Å². The second-order valence-electron chi connectivity index (χ2n) is 6.61. The molecular weight excluding hydrogens is 348 g/mol. The Morgan fingerprint density at radius 2 is 1.74 bits per heavy atom. The quantitative estimate of drug-likeness (QED) is 0.339. The molecule has 0 radical (unpaired) electrons. The summed E-state index contributed by atoms with van der Waals surface area (Å²) in [6.07, 6.45) is 9.55. The van der Waals surface area contributed by atoms with Crippen molar-refractivity contribution in [2.75, 3.05) is 6.61 Å². The average Bonchev–Trinajstić information content (AvgIpc) is 2.63. The predicted molar refractivity (Wildman–Crippen MR) is 104 cm³/mol. The van der Waals surface area contributed by atoms with Gasteiger partial charge in [0.25, 0.3) is 5.75 Å². The molecule has 0 aliphatic rings. The van der Waals surface area contributed by atoms with Crippen molar-refractivity contribution in [1.29, 1.82) is 0 Å². The molecule has 1 N–H and O–H groups in total. The third kappa shape index (κ3) is 6.01. The summed E-state index contributed by atoms with van der Waals surface area (Å²) in [4.78, 5) is 23.0. The number of aromatic hydroxyl groups is 1. The fourth-order valence-electron chi connectivity index (χ4n) is 2.96. The highest BCUT2D eigenvalue weighted by Gasteiger charge is 2.20. The lowest BCUT2D eigenvalue weighted by Crippen LogP contribution is -2.11. The summed E-state index contributed by atoms with van der Waals surface area (Å²) in [6, 6.07) is 4.92. The van der Waals surface area contributed by atoms with E-state index in [-0.39, 0.29) is 11.0 Å². The number of fused-ring (bicyclic) bond motifs is 1. The van der Waals surface area contributed by atoms with Crippen LogP contribution in [0, 0.1) is 0 Å². The van der Waals surface area contributed by atoms with Crippen LogP contribution in [0.15, 0.2) is 27.4 Å². The summed E-state index contributed by atoms with van der Waals surface area (Å²) < 4.78 is 15.7. The first kappa shape index (κ1) is 20.8. The molecule has 1 aromatic heterocycles. The molecule has 0 saturated carbocycles. The molecule has 27 heavy (non-hydrogen) atoms. The van der Waals surface area contributed by atoms with Crippen molar-refractivity contribution in [2.45, 2.75) is 65.2 Å². The Hall–Kier alpha value is -2.50. The maximum Gasteiger partial charge on any atom is 0.383 e. The van der Waals surface area contributed by atoms with Crippen LogP contribution in [0.25, 0.3) is 11.0 Å². The molecule has 0 fully saturated rings. The third-order valence-corrected chi connectivity index (χ3v) is 4.33. The van der Waals surface area contributed by atoms with Gasteiger partial charge in [-0.3, -0.25) is 4.79 Å². The number of carbonyl (C=O) groups excluding carboxylic acids is 1. The number of carbonyl (C=O) groups is 1. The summed E-state index contributed by atoms with van der Waals surface area (Å²) in [7, 11) is 0. The number of hydrogen-bond donors (Lipinski definition) is 1. The zero-order valence-electron chi connectivity index (χ0n) is 16.1. The molecule has 0 amide bonds. The van der Waals surface area contributed by atoms with Gasteiger partial charge in [-0.2, -0.15) is 0 Å². The van der Waals surface area contributed by atoms with Crippen LogP contribution >= 0.6 is 0 Å². The summed E-state index contributed by atoms with van der Waals surface area (Å²) >= 11 is 0. The molecule has 0 unspecified atom stereocenters. The molecule has 0 aliphatic carbocycles. The molecule has 1 aromatic carbocycles. The van der Waals surface area contributed by atoms with Gasteiger partial charge in [0, 0.05) is 6.92 Å². The Morgan fingerprint density at radius 1 is 1.07 bits per heavy atom. The van der Waals surface area contributed by atoms with Crippen molar-refractivity contribution in [2.24, 2.45) is 0 Å². The van der Waals surface area contributed by atoms with E-state index in [1.54, 1.807) is 18.2 Å². The molecule has 6 heteroatoms. The van der Waals surface area contributed by atoms with Crippen LogP contribution in [0.2, 0.25) is 0 Å². The SMILES string of the molecule is CCCCCCCCCCOc1cccc2oc(=O)c(OC(C)=O)c(O)c12. The lowest BCUT2D eigenvalue weighted by Gasteiger charge is -2.11. The van der Waals surface area contributed by atoms with Gasteiger partial charge in [0.05, 0.1) is 6.61 Å². The monoisotopic (exact) mass is 376 g/mol. The van der Waals surface area contributed by atoms with Gasteiger partial charge >= 0.3 is 11.6 Å². The van der Waals surface area contributed by atoms with Crippen molar-refractivity contribution in [3.63, 3.8) is 0 Å².